The van der Waals surface area contributed by atoms with Crippen LogP contribution in [0.2, 0.25) is 0 Å². The molecule has 0 saturated carbocycles. The number of hydrogen-bond donors (Lipinski definition) is 1. The highest BCUT2D eigenvalue weighted by molar-refractivity contribution is 5.47. The first kappa shape index (κ1) is 12.2. The Kier molecular flexibility index (Phi) is 3.52. The fourth-order valence-corrected chi connectivity index (χ4v) is 2.33. The molecular weight excluding hydrogens is 212 g/mol. The van der Waals surface area contributed by atoms with Gasteiger partial charge in [0.2, 0.25) is 0 Å². The number of pyridine rings is 1. The Morgan fingerprint density at radius 1 is 1.24 bits per heavy atom. The average Bonchev–Trinajstić information content (AvgIpc) is 2.35. The monoisotopic (exact) mass is 234 g/mol. The van der Waals surface area contributed by atoms with E-state index < -0.39 is 0 Å². The van der Waals surface area contributed by atoms with E-state index in [1.54, 1.807) is 0 Å². The third kappa shape index (κ3) is 2.52. The Morgan fingerprint density at radius 3 is 2.47 bits per heavy atom. The third-order valence-electron chi connectivity index (χ3n) is 3.67. The van der Waals surface area contributed by atoms with E-state index in [1.807, 2.05) is 13.1 Å². The Hall–Kier alpha value is -1.29. The van der Waals surface area contributed by atoms with Crippen LogP contribution in [0.4, 0.5) is 11.6 Å². The molecule has 2 atom stereocenters. The van der Waals surface area contributed by atoms with Crippen LogP contribution in [0.15, 0.2) is 18.2 Å². The second kappa shape index (κ2) is 4.92. The minimum Gasteiger partial charge on any atom is -0.373 e. The lowest BCUT2D eigenvalue weighted by atomic mass is 10.1. The number of rotatable bonds is 2. The summed E-state index contributed by atoms with van der Waals surface area (Å²) >= 11 is 0. The largest absolute Gasteiger partial charge is 0.373 e. The molecule has 1 saturated heterocycles. The molecule has 1 N–H and O–H groups in total. The summed E-state index contributed by atoms with van der Waals surface area (Å²) in [6.45, 7) is 6.62. The van der Waals surface area contributed by atoms with Crippen molar-refractivity contribution in [2.45, 2.75) is 25.9 Å². The van der Waals surface area contributed by atoms with Crippen molar-refractivity contribution < 1.29 is 0 Å². The lowest BCUT2D eigenvalue weighted by molar-refractivity contribution is 0.169. The summed E-state index contributed by atoms with van der Waals surface area (Å²) < 4.78 is 0. The number of aromatic nitrogens is 1. The van der Waals surface area contributed by atoms with Gasteiger partial charge in [-0.25, -0.2) is 4.98 Å². The van der Waals surface area contributed by atoms with Crippen molar-refractivity contribution in [1.29, 1.82) is 0 Å². The third-order valence-corrected chi connectivity index (χ3v) is 3.67. The van der Waals surface area contributed by atoms with E-state index in [4.69, 9.17) is 0 Å². The van der Waals surface area contributed by atoms with Gasteiger partial charge >= 0.3 is 0 Å². The summed E-state index contributed by atoms with van der Waals surface area (Å²) in [6, 6.07) is 7.28. The quantitative estimate of drug-likeness (QED) is 0.843. The van der Waals surface area contributed by atoms with Crippen LogP contribution in [0.25, 0.3) is 0 Å². The Labute approximate surface area is 104 Å². The zero-order valence-electron chi connectivity index (χ0n) is 11.1. The molecule has 1 aliphatic rings. The van der Waals surface area contributed by atoms with Gasteiger partial charge in [-0.3, -0.25) is 4.90 Å². The van der Waals surface area contributed by atoms with Gasteiger partial charge in [-0.2, -0.15) is 0 Å². The van der Waals surface area contributed by atoms with Gasteiger partial charge in [0, 0.05) is 32.2 Å². The molecular formula is C13H22N4. The molecule has 0 aliphatic carbocycles. The molecule has 0 amide bonds. The van der Waals surface area contributed by atoms with Gasteiger partial charge in [0.15, 0.2) is 0 Å². The molecule has 0 bridgehead atoms. The summed E-state index contributed by atoms with van der Waals surface area (Å²) in [5, 5.41) is 3.09. The molecule has 2 unspecified atom stereocenters. The molecule has 2 heterocycles. The molecule has 17 heavy (non-hydrogen) atoms. The topological polar surface area (TPSA) is 31.4 Å². The SMILES string of the molecule is CNc1cccc(N2CC(C)N(C)C(C)C2)n1. The Morgan fingerprint density at radius 2 is 1.88 bits per heavy atom. The van der Waals surface area contributed by atoms with E-state index >= 15 is 0 Å². The molecule has 1 fully saturated rings. The average molecular weight is 234 g/mol. The van der Waals surface area contributed by atoms with Gasteiger partial charge < -0.3 is 10.2 Å². The van der Waals surface area contributed by atoms with Crippen LogP contribution in [-0.4, -0.2) is 49.2 Å². The molecule has 0 radical (unpaired) electrons. The Balaban J connectivity index is 2.16. The van der Waals surface area contributed by atoms with Crippen LogP contribution in [0.3, 0.4) is 0 Å². The van der Waals surface area contributed by atoms with Crippen LogP contribution < -0.4 is 10.2 Å². The zero-order chi connectivity index (χ0) is 12.4. The van der Waals surface area contributed by atoms with Crippen LogP contribution in [0.5, 0.6) is 0 Å². The van der Waals surface area contributed by atoms with Gasteiger partial charge in [0.25, 0.3) is 0 Å². The lowest BCUT2D eigenvalue weighted by Gasteiger charge is -2.43. The van der Waals surface area contributed by atoms with Crippen molar-refractivity contribution >= 4 is 11.6 Å². The van der Waals surface area contributed by atoms with E-state index in [0.717, 1.165) is 24.7 Å². The minimum absolute atomic E-state index is 0.568. The van der Waals surface area contributed by atoms with Crippen molar-refractivity contribution in [2.24, 2.45) is 0 Å². The van der Waals surface area contributed by atoms with Crippen LogP contribution in [0.1, 0.15) is 13.8 Å². The fourth-order valence-electron chi connectivity index (χ4n) is 2.33. The maximum atomic E-state index is 4.61. The molecule has 1 aromatic heterocycles. The standard InChI is InChI=1S/C13H22N4/c1-10-8-17(9-11(2)16(10)4)13-7-5-6-12(14-3)15-13/h5-7,10-11H,8-9H2,1-4H3,(H,14,15). The fraction of sp³-hybridized carbons (Fsp3) is 0.615. The van der Waals surface area contributed by atoms with E-state index in [2.05, 4.69) is 53.1 Å². The predicted octanol–water partition coefficient (Wildman–Crippen LogP) is 1.65. The first-order valence-electron chi connectivity index (χ1n) is 6.23. The second-order valence-electron chi connectivity index (χ2n) is 4.90. The molecule has 1 aliphatic heterocycles. The first-order chi connectivity index (χ1) is 8.11. The molecule has 0 aromatic carbocycles. The molecule has 0 spiro atoms. The van der Waals surface area contributed by atoms with Crippen molar-refractivity contribution in [3.05, 3.63) is 18.2 Å². The number of likely N-dealkylation sites (N-methyl/N-ethyl adjacent to an activating group) is 1. The molecule has 94 valence electrons. The maximum Gasteiger partial charge on any atom is 0.131 e. The van der Waals surface area contributed by atoms with Gasteiger partial charge in [0.1, 0.15) is 11.6 Å². The van der Waals surface area contributed by atoms with Crippen LogP contribution >= 0.6 is 0 Å². The lowest BCUT2D eigenvalue weighted by Crippen LogP contribution is -2.55. The highest BCUT2D eigenvalue weighted by Gasteiger charge is 2.27. The van der Waals surface area contributed by atoms with Crippen molar-refractivity contribution in [1.82, 2.24) is 9.88 Å². The highest BCUT2D eigenvalue weighted by Crippen LogP contribution is 2.20. The molecule has 4 heteroatoms. The molecule has 4 nitrogen and oxygen atoms in total. The van der Waals surface area contributed by atoms with Gasteiger partial charge in [-0.15, -0.1) is 0 Å². The van der Waals surface area contributed by atoms with Crippen LogP contribution in [0, 0.1) is 0 Å². The van der Waals surface area contributed by atoms with Gasteiger partial charge in [-0.1, -0.05) is 6.07 Å². The number of anilines is 2. The van der Waals surface area contributed by atoms with E-state index in [0.29, 0.717) is 12.1 Å². The normalized spacial score (nSPS) is 26.0. The van der Waals surface area contributed by atoms with Crippen molar-refractivity contribution in [3.8, 4) is 0 Å². The second-order valence-corrected chi connectivity index (χ2v) is 4.90. The summed E-state index contributed by atoms with van der Waals surface area (Å²) in [6.07, 6.45) is 0. The van der Waals surface area contributed by atoms with E-state index in [-0.39, 0.29) is 0 Å². The van der Waals surface area contributed by atoms with Gasteiger partial charge in [0.05, 0.1) is 0 Å². The van der Waals surface area contributed by atoms with Crippen LogP contribution in [-0.2, 0) is 0 Å². The molecule has 1 aromatic rings. The summed E-state index contributed by atoms with van der Waals surface area (Å²) in [7, 11) is 4.10. The highest BCUT2D eigenvalue weighted by atomic mass is 15.3. The number of piperazine rings is 1. The van der Waals surface area contributed by atoms with E-state index in [1.165, 1.54) is 0 Å². The smallest absolute Gasteiger partial charge is 0.131 e. The van der Waals surface area contributed by atoms with Crippen molar-refractivity contribution in [3.63, 3.8) is 0 Å². The summed E-state index contributed by atoms with van der Waals surface area (Å²) in [5.74, 6) is 2.00. The van der Waals surface area contributed by atoms with Crippen molar-refractivity contribution in [2.75, 3.05) is 37.4 Å². The number of nitrogens with one attached hydrogen (secondary N) is 1. The maximum absolute atomic E-state index is 4.61. The molecule has 2 rings (SSSR count). The van der Waals surface area contributed by atoms with Gasteiger partial charge in [-0.05, 0) is 33.0 Å². The Bertz CT molecular complexity index is 367. The summed E-state index contributed by atoms with van der Waals surface area (Å²) in [4.78, 5) is 9.41. The summed E-state index contributed by atoms with van der Waals surface area (Å²) in [5.41, 5.74) is 0. The minimum atomic E-state index is 0.568. The zero-order valence-corrected chi connectivity index (χ0v) is 11.1. The number of nitrogens with zero attached hydrogens (tertiary/aromatic N) is 3. The van der Waals surface area contributed by atoms with E-state index in [9.17, 15) is 0 Å². The predicted molar refractivity (Wildman–Crippen MR) is 72.7 cm³/mol. The first-order valence-corrected chi connectivity index (χ1v) is 6.23. The number of hydrogen-bond acceptors (Lipinski definition) is 4.